The van der Waals surface area contributed by atoms with Gasteiger partial charge in [0, 0.05) is 23.4 Å². The summed E-state index contributed by atoms with van der Waals surface area (Å²) >= 11 is 0. The predicted octanol–water partition coefficient (Wildman–Crippen LogP) is 3.81. The van der Waals surface area contributed by atoms with Gasteiger partial charge in [-0.2, -0.15) is 4.72 Å². The molecule has 0 aliphatic carbocycles. The highest BCUT2D eigenvalue weighted by molar-refractivity contribution is 7.89. The Bertz CT molecular complexity index is 1310. The Hall–Kier alpha value is -4.13. The Kier molecular flexibility index (Phi) is 8.03. The lowest BCUT2D eigenvalue weighted by atomic mass is 10.2. The van der Waals surface area contributed by atoms with Crippen LogP contribution in [0.25, 0.3) is 0 Å². The number of rotatable bonds is 7. The highest BCUT2D eigenvalue weighted by Gasteiger charge is 2.24. The lowest BCUT2D eigenvalue weighted by molar-refractivity contribution is -0.138. The Morgan fingerprint density at radius 2 is 1.44 bits per heavy atom. The molecule has 0 fully saturated rings. The molecule has 0 bridgehead atoms. The number of urea groups is 1. The summed E-state index contributed by atoms with van der Waals surface area (Å²) in [6.07, 6.45) is -0.206. The van der Waals surface area contributed by atoms with Crippen LogP contribution in [0, 0.1) is 18.8 Å². The summed E-state index contributed by atoms with van der Waals surface area (Å²) in [7, 11) is -4.12. The van der Waals surface area contributed by atoms with E-state index in [9.17, 15) is 23.1 Å². The van der Waals surface area contributed by atoms with E-state index < -0.39 is 28.1 Å². The molecule has 0 spiro atoms. The Labute approximate surface area is 198 Å². The normalized spacial score (nSPS) is 11.6. The largest absolute Gasteiger partial charge is 0.480 e. The standard InChI is InChI=1S/C25H23N3O5S/c1-18-10-12-20(13-11-18)26-25(31)27-21-14-16-22(17-15-21)34(32,33)28-23(24(29)30)9-5-8-19-6-3-2-4-7-19/h2-4,6-7,10-17,23,28H,9H2,1H3,(H,29,30)(H2,26,27,31). The van der Waals surface area contributed by atoms with E-state index in [1.165, 1.54) is 24.3 Å². The number of carbonyl (C=O) groups is 2. The van der Waals surface area contributed by atoms with Gasteiger partial charge in [-0.1, -0.05) is 47.7 Å². The molecule has 0 heterocycles. The second kappa shape index (κ2) is 11.1. The van der Waals surface area contributed by atoms with E-state index in [1.54, 1.807) is 36.4 Å². The van der Waals surface area contributed by atoms with Gasteiger partial charge in [0.05, 0.1) is 4.90 Å². The van der Waals surface area contributed by atoms with E-state index in [-0.39, 0.29) is 11.3 Å². The van der Waals surface area contributed by atoms with Crippen LogP contribution in [0.4, 0.5) is 16.2 Å². The van der Waals surface area contributed by atoms with Gasteiger partial charge in [0.2, 0.25) is 10.0 Å². The minimum atomic E-state index is -4.12. The number of nitrogens with one attached hydrogen (secondary N) is 3. The number of carbonyl (C=O) groups excluding carboxylic acids is 1. The average molecular weight is 478 g/mol. The first-order chi connectivity index (χ1) is 16.2. The quantitative estimate of drug-likeness (QED) is 0.385. The van der Waals surface area contributed by atoms with Crippen LogP contribution in [-0.4, -0.2) is 31.6 Å². The zero-order valence-electron chi connectivity index (χ0n) is 18.3. The number of aliphatic carboxylic acids is 1. The second-order valence-electron chi connectivity index (χ2n) is 7.35. The van der Waals surface area contributed by atoms with Gasteiger partial charge in [-0.3, -0.25) is 4.79 Å². The molecule has 0 radical (unpaired) electrons. The van der Waals surface area contributed by atoms with Gasteiger partial charge in [0.25, 0.3) is 0 Å². The number of aryl methyl sites for hydroxylation is 1. The van der Waals surface area contributed by atoms with Crippen molar-refractivity contribution < 1.29 is 23.1 Å². The smallest absolute Gasteiger partial charge is 0.323 e. The van der Waals surface area contributed by atoms with Crippen LogP contribution in [-0.2, 0) is 14.8 Å². The van der Waals surface area contributed by atoms with E-state index in [2.05, 4.69) is 27.2 Å². The summed E-state index contributed by atoms with van der Waals surface area (Å²) in [5, 5.41) is 14.7. The number of benzene rings is 3. The number of carboxylic acid groups (broad SMARTS) is 1. The number of hydrogen-bond acceptors (Lipinski definition) is 4. The third-order valence-corrected chi connectivity index (χ3v) is 6.13. The number of amides is 2. The summed E-state index contributed by atoms with van der Waals surface area (Å²) < 4.78 is 27.5. The lowest BCUT2D eigenvalue weighted by Gasteiger charge is -2.13. The number of carboxylic acids is 1. The number of anilines is 2. The first-order valence-corrected chi connectivity index (χ1v) is 11.7. The van der Waals surface area contributed by atoms with Crippen molar-refractivity contribution in [1.82, 2.24) is 4.72 Å². The third-order valence-electron chi connectivity index (χ3n) is 4.64. The van der Waals surface area contributed by atoms with Crippen molar-refractivity contribution in [3.05, 3.63) is 90.0 Å². The molecule has 3 aromatic rings. The molecule has 1 unspecified atom stereocenters. The number of hydrogen-bond donors (Lipinski definition) is 4. The second-order valence-corrected chi connectivity index (χ2v) is 9.07. The summed E-state index contributed by atoms with van der Waals surface area (Å²) in [5.74, 6) is 4.17. The maximum absolute atomic E-state index is 12.7. The molecule has 3 aromatic carbocycles. The van der Waals surface area contributed by atoms with Gasteiger partial charge in [0.15, 0.2) is 0 Å². The van der Waals surface area contributed by atoms with Crippen LogP contribution in [0.2, 0.25) is 0 Å². The van der Waals surface area contributed by atoms with E-state index in [1.807, 2.05) is 25.1 Å². The molecular weight excluding hydrogens is 454 g/mol. The maximum Gasteiger partial charge on any atom is 0.323 e. The van der Waals surface area contributed by atoms with E-state index in [0.717, 1.165) is 5.56 Å². The topological polar surface area (TPSA) is 125 Å². The molecule has 0 aliphatic heterocycles. The zero-order chi connectivity index (χ0) is 24.6. The summed E-state index contributed by atoms with van der Waals surface area (Å²) in [5.41, 5.74) is 2.74. The molecule has 0 saturated carbocycles. The van der Waals surface area contributed by atoms with Gasteiger partial charge in [-0.05, 0) is 55.5 Å². The molecule has 34 heavy (non-hydrogen) atoms. The zero-order valence-corrected chi connectivity index (χ0v) is 19.1. The van der Waals surface area contributed by atoms with Gasteiger partial charge in [-0.25, -0.2) is 13.2 Å². The van der Waals surface area contributed by atoms with Crippen molar-refractivity contribution in [3.8, 4) is 11.8 Å². The van der Waals surface area contributed by atoms with Crippen LogP contribution in [0.15, 0.2) is 83.8 Å². The van der Waals surface area contributed by atoms with Gasteiger partial charge in [0.1, 0.15) is 6.04 Å². The lowest BCUT2D eigenvalue weighted by Crippen LogP contribution is -2.40. The highest BCUT2D eigenvalue weighted by atomic mass is 32.2. The summed E-state index contributed by atoms with van der Waals surface area (Å²) in [6.45, 7) is 1.94. The molecule has 8 nitrogen and oxygen atoms in total. The number of sulfonamides is 1. The molecular formula is C25H23N3O5S. The van der Waals surface area contributed by atoms with E-state index in [4.69, 9.17) is 0 Å². The summed E-state index contributed by atoms with van der Waals surface area (Å²) in [4.78, 5) is 23.5. The minimum absolute atomic E-state index is 0.140. The van der Waals surface area contributed by atoms with Crippen molar-refractivity contribution in [2.24, 2.45) is 0 Å². The van der Waals surface area contributed by atoms with Crippen molar-refractivity contribution >= 4 is 33.4 Å². The van der Waals surface area contributed by atoms with Crippen molar-refractivity contribution in [2.45, 2.75) is 24.3 Å². The molecule has 0 saturated heterocycles. The highest BCUT2D eigenvalue weighted by Crippen LogP contribution is 2.16. The maximum atomic E-state index is 12.7. The van der Waals surface area contributed by atoms with E-state index >= 15 is 0 Å². The van der Waals surface area contributed by atoms with Crippen molar-refractivity contribution in [2.75, 3.05) is 10.6 Å². The van der Waals surface area contributed by atoms with Crippen LogP contribution < -0.4 is 15.4 Å². The van der Waals surface area contributed by atoms with Crippen LogP contribution in [0.3, 0.4) is 0 Å². The first kappa shape index (κ1) is 24.5. The molecule has 9 heteroatoms. The molecule has 4 N–H and O–H groups in total. The molecule has 3 rings (SSSR count). The fourth-order valence-electron chi connectivity index (χ4n) is 2.86. The Morgan fingerprint density at radius 1 is 0.882 bits per heavy atom. The Morgan fingerprint density at radius 3 is 2.00 bits per heavy atom. The fourth-order valence-corrected chi connectivity index (χ4v) is 4.05. The van der Waals surface area contributed by atoms with Crippen LogP contribution >= 0.6 is 0 Å². The monoisotopic (exact) mass is 477 g/mol. The minimum Gasteiger partial charge on any atom is -0.480 e. The van der Waals surface area contributed by atoms with Crippen molar-refractivity contribution in [1.29, 1.82) is 0 Å². The predicted molar refractivity (Wildman–Crippen MR) is 130 cm³/mol. The molecule has 174 valence electrons. The first-order valence-electron chi connectivity index (χ1n) is 10.3. The van der Waals surface area contributed by atoms with Crippen LogP contribution in [0.1, 0.15) is 17.5 Å². The molecule has 0 aliphatic rings. The van der Waals surface area contributed by atoms with Crippen LogP contribution in [0.5, 0.6) is 0 Å². The summed E-state index contributed by atoms with van der Waals surface area (Å²) in [6, 6.07) is 19.7. The average Bonchev–Trinajstić information content (AvgIpc) is 2.81. The third kappa shape index (κ3) is 7.20. The fraction of sp³-hybridized carbons (Fsp3) is 0.120. The van der Waals surface area contributed by atoms with Gasteiger partial charge < -0.3 is 15.7 Å². The van der Waals surface area contributed by atoms with E-state index in [0.29, 0.717) is 16.9 Å². The Balaban J connectivity index is 1.62. The molecule has 2 amide bonds. The molecule has 1 atom stereocenters. The van der Waals surface area contributed by atoms with Gasteiger partial charge in [-0.15, -0.1) is 0 Å². The molecule has 0 aromatic heterocycles. The SMILES string of the molecule is Cc1ccc(NC(=O)Nc2ccc(S(=O)(=O)NC(CC#Cc3ccccc3)C(=O)O)cc2)cc1. The van der Waals surface area contributed by atoms with Gasteiger partial charge >= 0.3 is 12.0 Å². The van der Waals surface area contributed by atoms with Crippen molar-refractivity contribution in [3.63, 3.8) is 0 Å².